The van der Waals surface area contributed by atoms with E-state index in [0.29, 0.717) is 28.3 Å². The van der Waals surface area contributed by atoms with E-state index in [0.717, 1.165) is 12.8 Å². The molecule has 130 valence electrons. The van der Waals surface area contributed by atoms with Gasteiger partial charge in [-0.2, -0.15) is 5.26 Å². The molecule has 1 N–H and O–H groups in total. The molecule has 1 amide bonds. The molecule has 1 aliphatic rings. The molecule has 1 fully saturated rings. The van der Waals surface area contributed by atoms with Gasteiger partial charge in [-0.25, -0.2) is 0 Å². The summed E-state index contributed by atoms with van der Waals surface area (Å²) in [6.07, 6.45) is 5.85. The number of hydrogen-bond acceptors (Lipinski definition) is 6. The fourth-order valence-corrected chi connectivity index (χ4v) is 3.60. The lowest BCUT2D eigenvalue weighted by molar-refractivity contribution is -0.115. The number of thioether (sulfide) groups is 1. The van der Waals surface area contributed by atoms with Gasteiger partial charge in [0, 0.05) is 5.92 Å². The summed E-state index contributed by atoms with van der Waals surface area (Å²) in [7, 11) is 0. The highest BCUT2D eigenvalue weighted by Gasteiger charge is 2.23. The Hall–Kier alpha value is -2.33. The zero-order valence-corrected chi connectivity index (χ0v) is 14.9. The van der Waals surface area contributed by atoms with E-state index >= 15 is 0 Å². The molecule has 1 aromatic heterocycles. The first-order chi connectivity index (χ1) is 12.2. The number of aromatic nitrogens is 2. The molecule has 7 heteroatoms. The van der Waals surface area contributed by atoms with Gasteiger partial charge in [-0.15, -0.1) is 10.2 Å². The summed E-state index contributed by atoms with van der Waals surface area (Å²) < 4.78 is 5.75. The Morgan fingerprint density at radius 1 is 1.32 bits per heavy atom. The van der Waals surface area contributed by atoms with Gasteiger partial charge in [-0.1, -0.05) is 43.2 Å². The third-order valence-corrected chi connectivity index (χ3v) is 5.26. The van der Waals surface area contributed by atoms with Crippen LogP contribution in [-0.4, -0.2) is 21.4 Å². The number of nitrogens with zero attached hydrogens (tertiary/aromatic N) is 3. The number of carbonyl (C=O) groups is 1. The Labute approximate surface area is 151 Å². The van der Waals surface area contributed by atoms with Gasteiger partial charge in [0.1, 0.15) is 6.07 Å². The molecular formula is C18H20N4O2S. The largest absolute Gasteiger partial charge is 0.416 e. The topological polar surface area (TPSA) is 91.8 Å². The number of benzene rings is 1. The van der Waals surface area contributed by atoms with Crippen LogP contribution in [0.25, 0.3) is 0 Å². The van der Waals surface area contributed by atoms with Crippen LogP contribution in [0.15, 0.2) is 33.9 Å². The summed E-state index contributed by atoms with van der Waals surface area (Å²) in [6.45, 7) is 1.78. The van der Waals surface area contributed by atoms with Gasteiger partial charge in [-0.05, 0) is 31.9 Å². The molecule has 6 nitrogen and oxygen atoms in total. The van der Waals surface area contributed by atoms with Crippen molar-refractivity contribution in [3.05, 3.63) is 35.7 Å². The molecule has 2 aromatic rings. The third-order valence-electron chi connectivity index (χ3n) is 4.33. The molecule has 25 heavy (non-hydrogen) atoms. The quantitative estimate of drug-likeness (QED) is 0.811. The minimum Gasteiger partial charge on any atom is -0.416 e. The van der Waals surface area contributed by atoms with Crippen molar-refractivity contribution >= 4 is 23.4 Å². The summed E-state index contributed by atoms with van der Waals surface area (Å²) in [5, 5.41) is 20.1. The molecule has 0 radical (unpaired) electrons. The Morgan fingerprint density at radius 2 is 2.08 bits per heavy atom. The molecule has 3 rings (SSSR count). The van der Waals surface area contributed by atoms with Crippen LogP contribution in [0.1, 0.15) is 56.4 Å². The second kappa shape index (κ2) is 8.17. The fourth-order valence-electron chi connectivity index (χ4n) is 2.91. The lowest BCUT2D eigenvalue weighted by Gasteiger charge is -2.17. The van der Waals surface area contributed by atoms with Gasteiger partial charge in [0.05, 0.1) is 16.5 Å². The zero-order valence-electron chi connectivity index (χ0n) is 14.1. The van der Waals surface area contributed by atoms with Gasteiger partial charge in [0.25, 0.3) is 5.22 Å². The second-order valence-corrected chi connectivity index (χ2v) is 7.44. The van der Waals surface area contributed by atoms with E-state index in [1.165, 1.54) is 31.0 Å². The number of amides is 1. The fraction of sp³-hybridized carbons (Fsp3) is 0.444. The minimum absolute atomic E-state index is 0.204. The van der Waals surface area contributed by atoms with Crippen LogP contribution >= 0.6 is 11.8 Å². The van der Waals surface area contributed by atoms with Crippen molar-refractivity contribution in [3.63, 3.8) is 0 Å². The predicted molar refractivity (Wildman–Crippen MR) is 95.2 cm³/mol. The number of para-hydroxylation sites is 1. The van der Waals surface area contributed by atoms with E-state index in [1.54, 1.807) is 31.2 Å². The summed E-state index contributed by atoms with van der Waals surface area (Å²) in [5.74, 6) is 0.831. The average molecular weight is 356 g/mol. The number of hydrogen-bond donors (Lipinski definition) is 1. The van der Waals surface area contributed by atoms with Crippen LogP contribution in [0.2, 0.25) is 0 Å². The van der Waals surface area contributed by atoms with Crippen molar-refractivity contribution < 1.29 is 9.21 Å². The number of rotatable bonds is 5. The van der Waals surface area contributed by atoms with Crippen molar-refractivity contribution in [2.24, 2.45) is 0 Å². The second-order valence-electron chi connectivity index (χ2n) is 6.15. The monoisotopic (exact) mass is 356 g/mol. The molecule has 1 aliphatic carbocycles. The first kappa shape index (κ1) is 17.5. The molecule has 1 aromatic carbocycles. The third kappa shape index (κ3) is 4.40. The predicted octanol–water partition coefficient (Wildman–Crippen LogP) is 4.11. The van der Waals surface area contributed by atoms with E-state index in [1.807, 2.05) is 0 Å². The molecule has 0 saturated heterocycles. The molecule has 0 aliphatic heterocycles. The molecule has 1 saturated carbocycles. The number of nitriles is 1. The molecule has 0 unspecified atom stereocenters. The van der Waals surface area contributed by atoms with E-state index in [4.69, 9.17) is 9.68 Å². The smallest absolute Gasteiger partial charge is 0.277 e. The summed E-state index contributed by atoms with van der Waals surface area (Å²) in [5.41, 5.74) is 0.946. The molecule has 0 bridgehead atoms. The van der Waals surface area contributed by atoms with Crippen LogP contribution in [0, 0.1) is 11.3 Å². The normalized spacial score (nSPS) is 16.2. The van der Waals surface area contributed by atoms with Gasteiger partial charge < -0.3 is 9.73 Å². The van der Waals surface area contributed by atoms with Crippen molar-refractivity contribution in [3.8, 4) is 6.07 Å². The summed E-state index contributed by atoms with van der Waals surface area (Å²) >= 11 is 1.23. The maximum absolute atomic E-state index is 12.4. The Balaban J connectivity index is 1.60. The van der Waals surface area contributed by atoms with Crippen molar-refractivity contribution in [2.45, 2.75) is 55.4 Å². The average Bonchev–Trinajstić information content (AvgIpc) is 3.11. The Morgan fingerprint density at radius 3 is 2.84 bits per heavy atom. The highest BCUT2D eigenvalue weighted by atomic mass is 32.2. The van der Waals surface area contributed by atoms with Crippen LogP contribution in [-0.2, 0) is 4.79 Å². The van der Waals surface area contributed by atoms with Crippen molar-refractivity contribution in [2.75, 3.05) is 5.32 Å². The molecule has 1 heterocycles. The lowest BCUT2D eigenvalue weighted by atomic mass is 9.89. The van der Waals surface area contributed by atoms with E-state index in [9.17, 15) is 4.79 Å². The maximum atomic E-state index is 12.4. The Bertz CT molecular complexity index is 777. The minimum atomic E-state index is -0.411. The molecule has 1 atom stereocenters. The number of anilines is 1. The molecule has 0 spiro atoms. The van der Waals surface area contributed by atoms with Gasteiger partial charge in [0.15, 0.2) is 0 Å². The van der Waals surface area contributed by atoms with E-state index in [-0.39, 0.29) is 5.91 Å². The Kier molecular flexibility index (Phi) is 5.71. The molecular weight excluding hydrogens is 336 g/mol. The number of nitrogens with one attached hydrogen (secondary N) is 1. The highest BCUT2D eigenvalue weighted by Crippen LogP contribution is 2.33. The van der Waals surface area contributed by atoms with Crippen molar-refractivity contribution in [1.29, 1.82) is 5.26 Å². The first-order valence-corrected chi connectivity index (χ1v) is 9.35. The highest BCUT2D eigenvalue weighted by molar-refractivity contribution is 8.00. The van der Waals surface area contributed by atoms with Gasteiger partial charge in [-0.3, -0.25) is 4.79 Å². The SMILES string of the molecule is C[C@@H](Sc1nnc(C2CCCCC2)o1)C(=O)Nc1ccccc1C#N. The zero-order chi connectivity index (χ0) is 17.6. The van der Waals surface area contributed by atoms with Crippen LogP contribution in [0.3, 0.4) is 0 Å². The van der Waals surface area contributed by atoms with Gasteiger partial charge >= 0.3 is 0 Å². The summed E-state index contributed by atoms with van der Waals surface area (Å²) in [4.78, 5) is 12.4. The lowest BCUT2D eigenvalue weighted by Crippen LogP contribution is -2.22. The van der Waals surface area contributed by atoms with E-state index < -0.39 is 5.25 Å². The number of carbonyl (C=O) groups excluding carboxylic acids is 1. The first-order valence-electron chi connectivity index (χ1n) is 8.47. The van der Waals surface area contributed by atoms with Crippen LogP contribution in [0.4, 0.5) is 5.69 Å². The summed E-state index contributed by atoms with van der Waals surface area (Å²) in [6, 6.07) is 8.99. The van der Waals surface area contributed by atoms with Gasteiger partial charge in [0.2, 0.25) is 11.8 Å². The van der Waals surface area contributed by atoms with Crippen LogP contribution in [0.5, 0.6) is 0 Å². The van der Waals surface area contributed by atoms with E-state index in [2.05, 4.69) is 21.6 Å². The van der Waals surface area contributed by atoms with Crippen LogP contribution < -0.4 is 5.32 Å². The maximum Gasteiger partial charge on any atom is 0.277 e. The van der Waals surface area contributed by atoms with Crippen molar-refractivity contribution in [1.82, 2.24) is 10.2 Å². The standard InChI is InChI=1S/C18H20N4O2S/c1-12(16(23)20-15-10-6-5-9-14(15)11-19)25-18-22-21-17(24-18)13-7-3-2-4-8-13/h5-6,9-10,12-13H,2-4,7-8H2,1H3,(H,20,23)/t12-/m1/s1.